The lowest BCUT2D eigenvalue weighted by atomic mass is 10.1. The fraction of sp³-hybridized carbons (Fsp3) is 0.417. The van der Waals surface area contributed by atoms with Gasteiger partial charge in [-0.15, -0.1) is 0 Å². The molecule has 19 heavy (non-hydrogen) atoms. The van der Waals surface area contributed by atoms with Gasteiger partial charge in [0.15, 0.2) is 0 Å². The van der Waals surface area contributed by atoms with E-state index >= 15 is 0 Å². The minimum Gasteiger partial charge on any atom is -0.481 e. The van der Waals surface area contributed by atoms with Gasteiger partial charge in [-0.1, -0.05) is 12.2 Å². The molecule has 2 amide bonds. The van der Waals surface area contributed by atoms with Gasteiger partial charge in [0.25, 0.3) is 0 Å². The third-order valence-corrected chi connectivity index (χ3v) is 2.93. The van der Waals surface area contributed by atoms with Crippen molar-refractivity contribution in [2.45, 2.75) is 25.9 Å². The number of nitrogens with one attached hydrogen (secondary N) is 2. The third-order valence-electron chi connectivity index (χ3n) is 2.93. The minimum absolute atomic E-state index is 0.248. The number of carboxylic acid groups (broad SMARTS) is 1. The summed E-state index contributed by atoms with van der Waals surface area (Å²) in [5.74, 6) is -1.39. The van der Waals surface area contributed by atoms with Crippen LogP contribution in [0.5, 0.6) is 0 Å². The molecule has 2 unspecified atom stereocenters. The van der Waals surface area contributed by atoms with Crippen molar-refractivity contribution in [2.24, 2.45) is 5.92 Å². The summed E-state index contributed by atoms with van der Waals surface area (Å²) < 4.78 is 1.70. The van der Waals surface area contributed by atoms with Crippen LogP contribution in [-0.2, 0) is 11.3 Å². The first-order valence-electron chi connectivity index (χ1n) is 6.09. The summed E-state index contributed by atoms with van der Waals surface area (Å²) in [6.45, 7) is 2.68. The molecule has 2 rings (SSSR count). The molecule has 7 heteroatoms. The minimum atomic E-state index is -0.870. The zero-order valence-corrected chi connectivity index (χ0v) is 10.5. The number of nitrogens with zero attached hydrogens (tertiary/aromatic N) is 2. The fourth-order valence-electron chi connectivity index (χ4n) is 1.93. The number of aromatic nitrogens is 2. The second-order valence-electron chi connectivity index (χ2n) is 4.35. The Labute approximate surface area is 110 Å². The quantitative estimate of drug-likeness (QED) is 0.708. The Kier molecular flexibility index (Phi) is 3.84. The summed E-state index contributed by atoms with van der Waals surface area (Å²) in [4.78, 5) is 22.5. The second-order valence-corrected chi connectivity index (χ2v) is 4.35. The number of carbonyl (C=O) groups is 2. The largest absolute Gasteiger partial charge is 0.481 e. The summed E-state index contributed by atoms with van der Waals surface area (Å²) in [6.07, 6.45) is 6.98. The van der Waals surface area contributed by atoms with Crippen molar-refractivity contribution in [3.8, 4) is 0 Å². The Bertz CT molecular complexity index is 509. The summed E-state index contributed by atoms with van der Waals surface area (Å²) in [6, 6.07) is -0.612. The average Bonchev–Trinajstić information content (AvgIpc) is 2.98. The van der Waals surface area contributed by atoms with Gasteiger partial charge in [-0.3, -0.25) is 9.48 Å². The van der Waals surface area contributed by atoms with E-state index in [1.54, 1.807) is 29.2 Å². The van der Waals surface area contributed by atoms with Crippen molar-refractivity contribution in [3.63, 3.8) is 0 Å². The van der Waals surface area contributed by atoms with Crippen LogP contribution >= 0.6 is 0 Å². The summed E-state index contributed by atoms with van der Waals surface area (Å²) in [5.41, 5.74) is 0.608. The van der Waals surface area contributed by atoms with Gasteiger partial charge in [0.2, 0.25) is 0 Å². The van der Waals surface area contributed by atoms with E-state index in [0.29, 0.717) is 12.1 Å². The summed E-state index contributed by atoms with van der Waals surface area (Å²) >= 11 is 0. The van der Waals surface area contributed by atoms with Crippen molar-refractivity contribution >= 4 is 17.7 Å². The Morgan fingerprint density at radius 3 is 2.89 bits per heavy atom. The molecule has 1 aliphatic rings. The highest BCUT2D eigenvalue weighted by molar-refractivity contribution is 5.89. The van der Waals surface area contributed by atoms with E-state index in [1.165, 1.54) is 0 Å². The van der Waals surface area contributed by atoms with Crippen LogP contribution in [0.1, 0.15) is 13.3 Å². The summed E-state index contributed by atoms with van der Waals surface area (Å²) in [5, 5.41) is 18.2. The number of hydrogen-bond donors (Lipinski definition) is 3. The molecule has 0 spiro atoms. The van der Waals surface area contributed by atoms with Crippen LogP contribution in [0.15, 0.2) is 24.5 Å². The standard InChI is InChI=1S/C12H16N4O3/c1-2-16-7-10(6-13-16)15-12(19)14-9-4-3-8(5-9)11(17)18/h3-4,6-9H,2,5H2,1H3,(H,17,18)(H2,14,15,19). The van der Waals surface area contributed by atoms with Crippen LogP contribution < -0.4 is 10.6 Å². The van der Waals surface area contributed by atoms with Crippen LogP contribution in [0, 0.1) is 5.92 Å². The second kappa shape index (κ2) is 5.55. The van der Waals surface area contributed by atoms with E-state index in [2.05, 4.69) is 15.7 Å². The molecule has 0 aliphatic heterocycles. The van der Waals surface area contributed by atoms with E-state index < -0.39 is 11.9 Å². The van der Waals surface area contributed by atoms with E-state index in [4.69, 9.17) is 5.11 Å². The number of urea groups is 1. The number of carboxylic acids is 1. The first-order chi connectivity index (χ1) is 9.08. The average molecular weight is 264 g/mol. The highest BCUT2D eigenvalue weighted by Crippen LogP contribution is 2.18. The van der Waals surface area contributed by atoms with Crippen LogP contribution in [0.4, 0.5) is 10.5 Å². The first kappa shape index (κ1) is 13.1. The topological polar surface area (TPSA) is 96.2 Å². The maximum Gasteiger partial charge on any atom is 0.319 e. The SMILES string of the molecule is CCn1cc(NC(=O)NC2C=CC(C(=O)O)C2)cn1. The van der Waals surface area contributed by atoms with Gasteiger partial charge in [-0.2, -0.15) is 5.10 Å². The summed E-state index contributed by atoms with van der Waals surface area (Å²) in [7, 11) is 0. The molecule has 7 nitrogen and oxygen atoms in total. The van der Waals surface area contributed by atoms with Crippen LogP contribution in [0.3, 0.4) is 0 Å². The molecule has 0 fully saturated rings. The molecule has 0 radical (unpaired) electrons. The Balaban J connectivity index is 1.82. The zero-order chi connectivity index (χ0) is 13.8. The van der Waals surface area contributed by atoms with Gasteiger partial charge in [-0.05, 0) is 13.3 Å². The van der Waals surface area contributed by atoms with Crippen LogP contribution in [0.2, 0.25) is 0 Å². The lowest BCUT2D eigenvalue weighted by Gasteiger charge is -2.12. The van der Waals surface area contributed by atoms with E-state index in [0.717, 1.165) is 6.54 Å². The molecule has 2 atom stereocenters. The molecule has 0 saturated carbocycles. The Hall–Kier alpha value is -2.31. The molecule has 1 heterocycles. The van der Waals surface area contributed by atoms with Gasteiger partial charge in [0.05, 0.1) is 23.8 Å². The van der Waals surface area contributed by atoms with Crippen LogP contribution in [0.25, 0.3) is 0 Å². The predicted molar refractivity (Wildman–Crippen MR) is 68.7 cm³/mol. The molecule has 1 aliphatic carbocycles. The zero-order valence-electron chi connectivity index (χ0n) is 10.5. The van der Waals surface area contributed by atoms with Gasteiger partial charge < -0.3 is 15.7 Å². The maximum absolute atomic E-state index is 11.7. The highest BCUT2D eigenvalue weighted by atomic mass is 16.4. The van der Waals surface area contributed by atoms with Gasteiger partial charge >= 0.3 is 12.0 Å². The molecular weight excluding hydrogens is 248 g/mol. The molecule has 1 aromatic heterocycles. The van der Waals surface area contributed by atoms with Crippen molar-refractivity contribution in [1.82, 2.24) is 15.1 Å². The number of hydrogen-bond acceptors (Lipinski definition) is 3. The number of aliphatic carboxylic acids is 1. The van der Waals surface area contributed by atoms with Crippen molar-refractivity contribution in [1.29, 1.82) is 0 Å². The van der Waals surface area contributed by atoms with Crippen molar-refractivity contribution in [2.75, 3.05) is 5.32 Å². The normalized spacial score (nSPS) is 21.3. The molecule has 102 valence electrons. The molecule has 3 N–H and O–H groups in total. The van der Waals surface area contributed by atoms with Crippen molar-refractivity contribution in [3.05, 3.63) is 24.5 Å². The molecule has 0 aromatic carbocycles. The maximum atomic E-state index is 11.7. The lowest BCUT2D eigenvalue weighted by Crippen LogP contribution is -2.36. The van der Waals surface area contributed by atoms with Gasteiger partial charge in [-0.25, -0.2) is 4.79 Å². The molecule has 0 saturated heterocycles. The monoisotopic (exact) mass is 264 g/mol. The van der Waals surface area contributed by atoms with Gasteiger partial charge in [0, 0.05) is 12.7 Å². The number of anilines is 1. The lowest BCUT2D eigenvalue weighted by molar-refractivity contribution is -0.140. The number of amides is 2. The molecular formula is C12H16N4O3. The third kappa shape index (κ3) is 3.34. The number of aryl methyl sites for hydroxylation is 1. The Morgan fingerprint density at radius 1 is 1.53 bits per heavy atom. The van der Waals surface area contributed by atoms with E-state index in [-0.39, 0.29) is 12.1 Å². The van der Waals surface area contributed by atoms with Gasteiger partial charge in [0.1, 0.15) is 0 Å². The fourth-order valence-corrected chi connectivity index (χ4v) is 1.93. The highest BCUT2D eigenvalue weighted by Gasteiger charge is 2.25. The van der Waals surface area contributed by atoms with Crippen LogP contribution in [-0.4, -0.2) is 32.9 Å². The number of carbonyl (C=O) groups excluding carboxylic acids is 1. The Morgan fingerprint density at radius 2 is 2.32 bits per heavy atom. The van der Waals surface area contributed by atoms with E-state index in [9.17, 15) is 9.59 Å². The first-order valence-corrected chi connectivity index (χ1v) is 6.09. The van der Waals surface area contributed by atoms with Crippen molar-refractivity contribution < 1.29 is 14.7 Å². The van der Waals surface area contributed by atoms with E-state index in [1.807, 2.05) is 6.92 Å². The predicted octanol–water partition coefficient (Wildman–Crippen LogP) is 1.05. The smallest absolute Gasteiger partial charge is 0.319 e. The molecule has 1 aromatic rings. The number of rotatable bonds is 4. The molecule has 0 bridgehead atoms.